The normalized spacial score (nSPS) is 43.0. The van der Waals surface area contributed by atoms with Crippen LogP contribution in [0, 0.1) is 33.5 Å². The van der Waals surface area contributed by atoms with Crippen LogP contribution in [0.5, 0.6) is 0 Å². The third-order valence-corrected chi connectivity index (χ3v) is 8.04. The Balaban J connectivity index is 2.07. The monoisotopic (exact) mass is 352 g/mol. The van der Waals surface area contributed by atoms with Gasteiger partial charge in [0.1, 0.15) is 0 Å². The number of ketones is 4. The van der Waals surface area contributed by atoms with Crippen LogP contribution in [-0.4, -0.2) is 23.1 Å². The van der Waals surface area contributed by atoms with Crippen LogP contribution in [-0.2, 0) is 14.4 Å². The summed E-state index contributed by atoms with van der Waals surface area (Å²) in [4.78, 5) is 54.3. The van der Waals surface area contributed by atoms with E-state index in [1.165, 1.54) is 0 Å². The number of hydrogen-bond acceptors (Lipinski definition) is 4. The average molecular weight is 352 g/mol. The van der Waals surface area contributed by atoms with E-state index in [9.17, 15) is 19.2 Å². The van der Waals surface area contributed by atoms with Gasteiger partial charge in [-0.2, -0.15) is 0 Å². The van der Waals surface area contributed by atoms with E-state index < -0.39 is 39.0 Å². The van der Waals surface area contributed by atoms with Gasteiger partial charge in [-0.05, 0) is 37.5 Å². The Labute approximate surface area is 153 Å². The maximum absolute atomic E-state index is 13.8. The zero-order chi connectivity index (χ0) is 19.3. The Morgan fingerprint density at radius 1 is 0.923 bits per heavy atom. The van der Waals surface area contributed by atoms with Gasteiger partial charge in [-0.25, -0.2) is 0 Å². The first kappa shape index (κ1) is 17.3. The number of hydrogen-bond donors (Lipinski definition) is 0. The number of Topliss-reactive ketones (excluding diaryl/α,β-unsaturated/α-hetero) is 4. The molecule has 4 fully saturated rings. The molecule has 4 saturated carbocycles. The van der Waals surface area contributed by atoms with Gasteiger partial charge in [0.05, 0.1) is 10.8 Å². The minimum Gasteiger partial charge on any atom is -0.297 e. The summed E-state index contributed by atoms with van der Waals surface area (Å²) >= 11 is 0. The quantitative estimate of drug-likeness (QED) is 0.605. The molecule has 4 bridgehead atoms. The second-order valence-electron chi connectivity index (χ2n) is 9.29. The molecule has 5 atom stereocenters. The molecule has 0 radical (unpaired) electrons. The van der Waals surface area contributed by atoms with Gasteiger partial charge in [0.25, 0.3) is 0 Å². The van der Waals surface area contributed by atoms with Crippen LogP contribution in [0.4, 0.5) is 0 Å². The molecule has 0 saturated heterocycles. The summed E-state index contributed by atoms with van der Waals surface area (Å²) in [6, 6.07) is 8.54. The highest BCUT2D eigenvalue weighted by atomic mass is 16.2. The molecule has 0 unspecified atom stereocenters. The maximum Gasteiger partial charge on any atom is 0.184 e. The van der Waals surface area contributed by atoms with Gasteiger partial charge in [-0.15, -0.1) is 0 Å². The van der Waals surface area contributed by atoms with E-state index in [4.69, 9.17) is 0 Å². The fourth-order valence-electron chi connectivity index (χ4n) is 6.35. The van der Waals surface area contributed by atoms with Crippen LogP contribution in [0.2, 0.25) is 0 Å². The molecule has 4 heteroatoms. The van der Waals surface area contributed by atoms with Crippen molar-refractivity contribution in [3.8, 4) is 0 Å². The first-order valence-corrected chi connectivity index (χ1v) is 9.23. The smallest absolute Gasteiger partial charge is 0.184 e. The van der Waals surface area contributed by atoms with Gasteiger partial charge >= 0.3 is 0 Å². The maximum atomic E-state index is 13.8. The van der Waals surface area contributed by atoms with Crippen molar-refractivity contribution in [2.45, 2.75) is 41.0 Å². The molecule has 0 heterocycles. The molecule has 4 aliphatic carbocycles. The van der Waals surface area contributed by atoms with Crippen molar-refractivity contribution in [3.63, 3.8) is 0 Å². The van der Waals surface area contributed by atoms with Crippen LogP contribution in [0.25, 0.3) is 0 Å². The fraction of sp³-hybridized carbons (Fsp3) is 0.545. The molecule has 1 aromatic carbocycles. The molecule has 26 heavy (non-hydrogen) atoms. The van der Waals surface area contributed by atoms with Crippen LogP contribution in [0.1, 0.15) is 51.4 Å². The number of benzene rings is 1. The number of carbonyl (C=O) groups is 4. The Morgan fingerprint density at radius 3 is 2.08 bits per heavy atom. The summed E-state index contributed by atoms with van der Waals surface area (Å²) in [5.41, 5.74) is -4.77. The molecular formula is C22H24O4. The zero-order valence-corrected chi connectivity index (χ0v) is 15.9. The lowest BCUT2D eigenvalue weighted by atomic mass is 9.28. The molecule has 5 rings (SSSR count). The van der Waals surface area contributed by atoms with E-state index in [1.807, 2.05) is 20.8 Å². The molecule has 0 aliphatic heterocycles. The molecule has 0 N–H and O–H groups in total. The number of carbonyl (C=O) groups excluding carboxylic acids is 4. The largest absolute Gasteiger partial charge is 0.297 e. The fourth-order valence-corrected chi connectivity index (χ4v) is 6.35. The molecular weight excluding hydrogens is 328 g/mol. The first-order valence-electron chi connectivity index (χ1n) is 9.23. The summed E-state index contributed by atoms with van der Waals surface area (Å²) in [6.07, 6.45) is 0.422. The minimum absolute atomic E-state index is 0.0433. The lowest BCUT2D eigenvalue weighted by molar-refractivity contribution is -0.208. The van der Waals surface area contributed by atoms with Crippen molar-refractivity contribution < 1.29 is 19.2 Å². The minimum atomic E-state index is -1.78. The summed E-state index contributed by atoms with van der Waals surface area (Å²) < 4.78 is 0. The van der Waals surface area contributed by atoms with Gasteiger partial charge in [-0.1, -0.05) is 51.1 Å². The third kappa shape index (κ3) is 1.43. The summed E-state index contributed by atoms with van der Waals surface area (Å²) in [7, 11) is 0. The van der Waals surface area contributed by atoms with Crippen LogP contribution < -0.4 is 0 Å². The molecule has 136 valence electrons. The highest BCUT2D eigenvalue weighted by Gasteiger charge is 2.84. The Kier molecular flexibility index (Phi) is 3.06. The second kappa shape index (κ2) is 4.59. The van der Waals surface area contributed by atoms with Gasteiger partial charge < -0.3 is 0 Å². The van der Waals surface area contributed by atoms with E-state index in [-0.39, 0.29) is 17.6 Å². The molecule has 4 aliphatic rings. The third-order valence-electron chi connectivity index (χ3n) is 8.04. The van der Waals surface area contributed by atoms with Crippen molar-refractivity contribution in [2.75, 3.05) is 0 Å². The van der Waals surface area contributed by atoms with E-state index in [1.54, 1.807) is 44.2 Å². The zero-order valence-electron chi connectivity index (χ0n) is 15.9. The lowest BCUT2D eigenvalue weighted by Crippen LogP contribution is -2.82. The van der Waals surface area contributed by atoms with Crippen molar-refractivity contribution >= 4 is 23.1 Å². The second-order valence-corrected chi connectivity index (χ2v) is 9.29. The lowest BCUT2D eigenvalue weighted by Gasteiger charge is -2.69. The van der Waals surface area contributed by atoms with E-state index in [2.05, 4.69) is 0 Å². The van der Waals surface area contributed by atoms with Gasteiger partial charge in [0.2, 0.25) is 0 Å². The van der Waals surface area contributed by atoms with Crippen molar-refractivity contribution in [1.29, 1.82) is 0 Å². The first-order chi connectivity index (χ1) is 12.0. The SMILES string of the molecule is C[C@@H]1[C@H]2C[C@]3(C)C(=O)[C@@]1(C)C(=O)[C@](C(=O)c1ccccc1)(C3=O)C2(C)C. The van der Waals surface area contributed by atoms with Gasteiger partial charge in [-0.3, -0.25) is 19.2 Å². The summed E-state index contributed by atoms with van der Waals surface area (Å²) in [5, 5.41) is 0. The molecule has 0 aromatic heterocycles. The van der Waals surface area contributed by atoms with Crippen molar-refractivity contribution in [2.24, 2.45) is 33.5 Å². The highest BCUT2D eigenvalue weighted by Crippen LogP contribution is 2.73. The predicted molar refractivity (Wildman–Crippen MR) is 95.5 cm³/mol. The molecule has 1 aromatic rings. The van der Waals surface area contributed by atoms with Crippen LogP contribution >= 0.6 is 0 Å². The molecule has 0 spiro atoms. The van der Waals surface area contributed by atoms with Crippen LogP contribution in [0.15, 0.2) is 30.3 Å². The predicted octanol–water partition coefficient (Wildman–Crippen LogP) is 3.29. The van der Waals surface area contributed by atoms with Gasteiger partial charge in [0.15, 0.2) is 28.5 Å². The Hall–Kier alpha value is -2.10. The Morgan fingerprint density at radius 2 is 1.50 bits per heavy atom. The highest BCUT2D eigenvalue weighted by molar-refractivity contribution is 6.42. The average Bonchev–Trinajstić information content (AvgIpc) is 2.61. The van der Waals surface area contributed by atoms with Crippen LogP contribution in [0.3, 0.4) is 0 Å². The van der Waals surface area contributed by atoms with E-state index in [0.717, 1.165) is 0 Å². The standard InChI is InChI=1S/C22H24O4/c1-12-14-11-20(4)16(24)21(12,5)18(26)22(17(20)25,19(14,2)3)15(23)13-9-7-6-8-10-13/h6-10,12,14H,11H2,1-5H3/t12-,14-,20-,21+,22+/m1/s1. The Bertz CT molecular complexity index is 883. The summed E-state index contributed by atoms with van der Waals surface area (Å²) in [6.45, 7) is 8.94. The van der Waals surface area contributed by atoms with E-state index >= 15 is 0 Å². The molecule has 4 nitrogen and oxygen atoms in total. The topological polar surface area (TPSA) is 68.3 Å². The van der Waals surface area contributed by atoms with Crippen molar-refractivity contribution in [1.82, 2.24) is 0 Å². The number of rotatable bonds is 2. The van der Waals surface area contributed by atoms with E-state index in [0.29, 0.717) is 12.0 Å². The molecule has 0 amide bonds. The van der Waals surface area contributed by atoms with Crippen molar-refractivity contribution in [3.05, 3.63) is 35.9 Å². The van der Waals surface area contributed by atoms with Gasteiger partial charge in [0, 0.05) is 5.56 Å². The summed E-state index contributed by atoms with van der Waals surface area (Å²) in [5.74, 6) is -1.94.